The molecule has 4 heteroatoms. The molecule has 1 aromatic rings. The molecule has 24 heavy (non-hydrogen) atoms. The van der Waals surface area contributed by atoms with Crippen LogP contribution < -0.4 is 5.73 Å². The van der Waals surface area contributed by atoms with Crippen molar-refractivity contribution in [3.63, 3.8) is 0 Å². The molecule has 1 heterocycles. The minimum absolute atomic E-state index is 0. The molecular weight excluding hydrogens is 320 g/mol. The van der Waals surface area contributed by atoms with Gasteiger partial charge in [0.15, 0.2) is 0 Å². The Labute approximate surface area is 151 Å². The van der Waals surface area contributed by atoms with Gasteiger partial charge in [0, 0.05) is 24.0 Å². The molecule has 2 N–H and O–H groups in total. The monoisotopic (exact) mass is 348 g/mol. The predicted molar refractivity (Wildman–Crippen MR) is 99.1 cm³/mol. The number of nitrogens with two attached hydrogens (primary N) is 1. The highest BCUT2D eigenvalue weighted by Crippen LogP contribution is 2.47. The van der Waals surface area contributed by atoms with Crippen LogP contribution in [0.4, 0.5) is 0 Å². The summed E-state index contributed by atoms with van der Waals surface area (Å²) in [5.74, 6) is 1.21. The number of carbonyl (C=O) groups is 1. The number of hydrogen-bond acceptors (Lipinski definition) is 2. The van der Waals surface area contributed by atoms with E-state index in [-0.39, 0.29) is 23.9 Å². The van der Waals surface area contributed by atoms with Crippen LogP contribution in [-0.4, -0.2) is 28.9 Å². The van der Waals surface area contributed by atoms with Crippen molar-refractivity contribution in [2.45, 2.75) is 62.9 Å². The van der Waals surface area contributed by atoms with E-state index in [1.54, 1.807) is 0 Å². The Morgan fingerprint density at radius 2 is 1.92 bits per heavy atom. The van der Waals surface area contributed by atoms with Crippen LogP contribution in [0.15, 0.2) is 30.3 Å². The minimum atomic E-state index is 0. The first kappa shape index (κ1) is 17.8. The van der Waals surface area contributed by atoms with E-state index in [4.69, 9.17) is 5.73 Å². The summed E-state index contributed by atoms with van der Waals surface area (Å²) in [6.07, 6.45) is 8.96. The molecule has 1 atom stereocenters. The van der Waals surface area contributed by atoms with Crippen LogP contribution in [0.25, 0.3) is 0 Å². The summed E-state index contributed by atoms with van der Waals surface area (Å²) >= 11 is 0. The average molecular weight is 349 g/mol. The molecule has 1 amide bonds. The number of rotatable bonds is 4. The standard InChI is InChI=1S/C20H28N2O.ClH/c21-17-13-20(14-17)10-4-5-11-22(20)19(23)18(16-8-9-16)12-15-6-2-1-3-7-15;/h1-3,6-7,16-18H,4-5,8-14,21H2;1H/t17?,18-,20?;/m0./s1. The van der Waals surface area contributed by atoms with Gasteiger partial charge in [-0.05, 0) is 62.8 Å². The molecule has 132 valence electrons. The highest BCUT2D eigenvalue weighted by atomic mass is 35.5. The van der Waals surface area contributed by atoms with Crippen molar-refractivity contribution >= 4 is 18.3 Å². The van der Waals surface area contributed by atoms with Gasteiger partial charge in [-0.1, -0.05) is 30.3 Å². The molecule has 1 spiro atoms. The van der Waals surface area contributed by atoms with Gasteiger partial charge in [0.05, 0.1) is 0 Å². The van der Waals surface area contributed by atoms with Crippen molar-refractivity contribution < 1.29 is 4.79 Å². The zero-order valence-corrected chi connectivity index (χ0v) is 15.1. The summed E-state index contributed by atoms with van der Waals surface area (Å²) in [5.41, 5.74) is 7.49. The minimum Gasteiger partial charge on any atom is -0.337 e. The van der Waals surface area contributed by atoms with Gasteiger partial charge in [0.1, 0.15) is 0 Å². The van der Waals surface area contributed by atoms with E-state index in [1.165, 1.54) is 24.8 Å². The van der Waals surface area contributed by atoms with Crippen LogP contribution >= 0.6 is 12.4 Å². The number of hydrogen-bond donors (Lipinski definition) is 1. The summed E-state index contributed by atoms with van der Waals surface area (Å²) in [4.78, 5) is 15.6. The van der Waals surface area contributed by atoms with Crippen molar-refractivity contribution in [1.82, 2.24) is 4.90 Å². The van der Waals surface area contributed by atoms with E-state index in [2.05, 4.69) is 29.2 Å². The number of benzene rings is 1. The fourth-order valence-corrected chi connectivity index (χ4v) is 4.80. The number of piperidine rings is 1. The molecule has 3 aliphatic rings. The Bertz CT molecular complexity index is 561. The Hall–Kier alpha value is -1.06. The van der Waals surface area contributed by atoms with Crippen molar-refractivity contribution in [2.24, 2.45) is 17.6 Å². The Kier molecular flexibility index (Phi) is 5.22. The van der Waals surface area contributed by atoms with Crippen LogP contribution in [0.1, 0.15) is 50.5 Å². The van der Waals surface area contributed by atoms with Gasteiger partial charge in [-0.25, -0.2) is 0 Å². The van der Waals surface area contributed by atoms with Crippen molar-refractivity contribution in [2.75, 3.05) is 6.54 Å². The Morgan fingerprint density at radius 1 is 1.21 bits per heavy atom. The first-order valence-electron chi connectivity index (χ1n) is 9.29. The third-order valence-electron chi connectivity index (χ3n) is 6.20. The molecule has 4 rings (SSSR count). The van der Waals surface area contributed by atoms with Crippen LogP contribution in [0.3, 0.4) is 0 Å². The fourth-order valence-electron chi connectivity index (χ4n) is 4.80. The molecule has 1 aromatic carbocycles. The molecular formula is C20H29ClN2O. The molecule has 3 nitrogen and oxygen atoms in total. The van der Waals surface area contributed by atoms with E-state index in [0.717, 1.165) is 38.6 Å². The lowest BCUT2D eigenvalue weighted by Gasteiger charge is -2.56. The van der Waals surface area contributed by atoms with E-state index in [1.807, 2.05) is 6.07 Å². The first-order valence-corrected chi connectivity index (χ1v) is 9.29. The maximum absolute atomic E-state index is 13.4. The van der Waals surface area contributed by atoms with Crippen LogP contribution in [0.5, 0.6) is 0 Å². The number of nitrogens with zero attached hydrogens (tertiary/aromatic N) is 1. The summed E-state index contributed by atoms with van der Waals surface area (Å²) in [6, 6.07) is 10.8. The van der Waals surface area contributed by atoms with Gasteiger partial charge in [-0.2, -0.15) is 0 Å². The van der Waals surface area contributed by atoms with Crippen molar-refractivity contribution in [1.29, 1.82) is 0 Å². The maximum Gasteiger partial charge on any atom is 0.226 e. The largest absolute Gasteiger partial charge is 0.337 e. The average Bonchev–Trinajstić information content (AvgIpc) is 3.37. The molecule has 2 aliphatic carbocycles. The van der Waals surface area contributed by atoms with E-state index >= 15 is 0 Å². The third kappa shape index (κ3) is 3.34. The van der Waals surface area contributed by atoms with Crippen LogP contribution in [0, 0.1) is 11.8 Å². The molecule has 2 saturated carbocycles. The van der Waals surface area contributed by atoms with Gasteiger partial charge in [-0.3, -0.25) is 4.79 Å². The van der Waals surface area contributed by atoms with Crippen LogP contribution in [0.2, 0.25) is 0 Å². The van der Waals surface area contributed by atoms with Crippen molar-refractivity contribution in [3.8, 4) is 0 Å². The van der Waals surface area contributed by atoms with Gasteiger partial charge >= 0.3 is 0 Å². The van der Waals surface area contributed by atoms with Gasteiger partial charge < -0.3 is 10.6 Å². The molecule has 0 radical (unpaired) electrons. The summed E-state index contributed by atoms with van der Waals surface area (Å²) in [5, 5.41) is 0. The lowest BCUT2D eigenvalue weighted by molar-refractivity contribution is -0.151. The molecule has 0 bridgehead atoms. The number of carbonyl (C=O) groups excluding carboxylic acids is 1. The lowest BCUT2D eigenvalue weighted by Crippen LogP contribution is -2.66. The first-order chi connectivity index (χ1) is 11.2. The Morgan fingerprint density at radius 3 is 2.54 bits per heavy atom. The predicted octanol–water partition coefficient (Wildman–Crippen LogP) is 3.55. The number of likely N-dealkylation sites (tertiary alicyclic amines) is 1. The quantitative estimate of drug-likeness (QED) is 0.904. The molecule has 0 aromatic heterocycles. The zero-order valence-electron chi connectivity index (χ0n) is 14.3. The third-order valence-corrected chi connectivity index (χ3v) is 6.20. The van der Waals surface area contributed by atoms with Crippen LogP contribution in [-0.2, 0) is 11.2 Å². The second-order valence-electron chi connectivity index (χ2n) is 7.97. The Balaban J connectivity index is 0.00000169. The fraction of sp³-hybridized carbons (Fsp3) is 0.650. The highest BCUT2D eigenvalue weighted by molar-refractivity contribution is 5.85. The topological polar surface area (TPSA) is 46.3 Å². The summed E-state index contributed by atoms with van der Waals surface area (Å²) in [7, 11) is 0. The molecule has 3 fully saturated rings. The van der Waals surface area contributed by atoms with Gasteiger partial charge in [0.2, 0.25) is 5.91 Å². The summed E-state index contributed by atoms with van der Waals surface area (Å²) < 4.78 is 0. The van der Waals surface area contributed by atoms with E-state index < -0.39 is 0 Å². The lowest BCUT2D eigenvalue weighted by atomic mass is 9.66. The number of halogens is 1. The SMILES string of the molecule is Cl.NC1CC2(CCCCN2C(=O)[C@@H](Cc2ccccc2)C2CC2)C1. The molecule has 0 unspecified atom stereocenters. The van der Waals surface area contributed by atoms with Gasteiger partial charge in [0.25, 0.3) is 0 Å². The zero-order chi connectivity index (χ0) is 15.9. The van der Waals surface area contributed by atoms with E-state index in [0.29, 0.717) is 17.9 Å². The maximum atomic E-state index is 13.4. The van der Waals surface area contributed by atoms with Gasteiger partial charge in [-0.15, -0.1) is 12.4 Å². The molecule has 1 saturated heterocycles. The van der Waals surface area contributed by atoms with Crippen molar-refractivity contribution in [3.05, 3.63) is 35.9 Å². The molecule has 1 aliphatic heterocycles. The van der Waals surface area contributed by atoms with E-state index in [9.17, 15) is 4.79 Å². The second-order valence-corrected chi connectivity index (χ2v) is 7.97. The number of amides is 1. The highest BCUT2D eigenvalue weighted by Gasteiger charge is 2.52. The second kappa shape index (κ2) is 7.05. The smallest absolute Gasteiger partial charge is 0.226 e. The normalized spacial score (nSPS) is 30.4. The summed E-state index contributed by atoms with van der Waals surface area (Å²) in [6.45, 7) is 0.948.